The van der Waals surface area contributed by atoms with Crippen LogP contribution in [-0.4, -0.2) is 55.6 Å². The van der Waals surface area contributed by atoms with Crippen LogP contribution in [0.1, 0.15) is 42.6 Å². The topological polar surface area (TPSA) is 129 Å². The quantitative estimate of drug-likeness (QED) is 0.493. The smallest absolute Gasteiger partial charge is 0.255 e. The number of halogens is 1. The van der Waals surface area contributed by atoms with Gasteiger partial charge in [-0.25, -0.2) is 14.4 Å². The van der Waals surface area contributed by atoms with Gasteiger partial charge in [0.05, 0.1) is 35.2 Å². The van der Waals surface area contributed by atoms with Crippen molar-refractivity contribution in [3.63, 3.8) is 0 Å². The number of rotatable bonds is 8. The molecule has 1 saturated carbocycles. The Balaban J connectivity index is 1.62. The van der Waals surface area contributed by atoms with Gasteiger partial charge in [0.15, 0.2) is 11.5 Å². The molecule has 0 bridgehead atoms. The summed E-state index contributed by atoms with van der Waals surface area (Å²) in [6.45, 7) is 3.10. The second-order valence-corrected chi connectivity index (χ2v) is 8.55. The minimum absolute atomic E-state index is 0.272. The second kappa shape index (κ2) is 8.51. The number of hydrogen-bond acceptors (Lipinski definition) is 7. The molecular formula is C22H24FN7O2. The average Bonchev–Trinajstić information content (AvgIpc) is 3.51. The molecule has 166 valence electrons. The van der Waals surface area contributed by atoms with Crippen molar-refractivity contribution in [2.75, 3.05) is 18.4 Å². The van der Waals surface area contributed by atoms with E-state index in [9.17, 15) is 14.3 Å². The summed E-state index contributed by atoms with van der Waals surface area (Å²) >= 11 is 0. The lowest BCUT2D eigenvalue weighted by molar-refractivity contribution is -0.00177. The van der Waals surface area contributed by atoms with Crippen molar-refractivity contribution in [3.05, 3.63) is 41.9 Å². The minimum Gasteiger partial charge on any atom is -0.387 e. The van der Waals surface area contributed by atoms with Crippen LogP contribution in [0.15, 0.2) is 30.7 Å². The predicted octanol–water partition coefficient (Wildman–Crippen LogP) is 2.35. The van der Waals surface area contributed by atoms with Gasteiger partial charge in [0, 0.05) is 30.4 Å². The van der Waals surface area contributed by atoms with E-state index in [1.54, 1.807) is 18.3 Å². The first-order chi connectivity index (χ1) is 15.3. The molecule has 0 aromatic carbocycles. The number of fused-ring (bicyclic) bond motifs is 1. The van der Waals surface area contributed by atoms with Gasteiger partial charge in [0.25, 0.3) is 5.91 Å². The van der Waals surface area contributed by atoms with E-state index in [1.807, 2.05) is 6.07 Å². The summed E-state index contributed by atoms with van der Waals surface area (Å²) in [5.41, 5.74) is 0.236. The molecule has 4 rings (SSSR count). The summed E-state index contributed by atoms with van der Waals surface area (Å²) in [5, 5.41) is 29.7. The van der Waals surface area contributed by atoms with Gasteiger partial charge in [-0.2, -0.15) is 15.0 Å². The highest BCUT2D eigenvalue weighted by atomic mass is 19.1. The molecule has 0 aliphatic heterocycles. The van der Waals surface area contributed by atoms with E-state index in [4.69, 9.17) is 5.26 Å². The number of nitriles is 1. The maximum Gasteiger partial charge on any atom is 0.255 e. The lowest BCUT2D eigenvalue weighted by Gasteiger charge is -2.22. The molecule has 0 radical (unpaired) electrons. The van der Waals surface area contributed by atoms with Gasteiger partial charge < -0.3 is 15.7 Å². The Morgan fingerprint density at radius 1 is 1.34 bits per heavy atom. The van der Waals surface area contributed by atoms with Crippen molar-refractivity contribution in [2.45, 2.75) is 38.5 Å². The summed E-state index contributed by atoms with van der Waals surface area (Å²) in [4.78, 5) is 21.4. The number of nitrogens with one attached hydrogen (secondary N) is 2. The van der Waals surface area contributed by atoms with Crippen LogP contribution in [0.2, 0.25) is 0 Å². The number of amides is 1. The van der Waals surface area contributed by atoms with E-state index < -0.39 is 17.7 Å². The zero-order valence-corrected chi connectivity index (χ0v) is 17.8. The Morgan fingerprint density at radius 2 is 2.12 bits per heavy atom. The Labute approximate surface area is 184 Å². The third-order valence-corrected chi connectivity index (χ3v) is 5.37. The first-order valence-electron chi connectivity index (χ1n) is 10.4. The summed E-state index contributed by atoms with van der Waals surface area (Å²) < 4.78 is 15.6. The number of nitrogens with zero attached hydrogens (tertiary/aromatic N) is 5. The molecular weight excluding hydrogens is 413 g/mol. The van der Waals surface area contributed by atoms with Gasteiger partial charge in [0.2, 0.25) is 0 Å². The third kappa shape index (κ3) is 4.68. The standard InChI is InChI=1S/C22H24FN7O2/c1-22(2,32)18(23)12-28-21(31)16-11-26-19(6-17(16)25-8-13-3-4-13)30-20-15(10-29-30)5-14(7-24)9-27-20/h5-6,9-11,13,18,32H,3-4,8,12H2,1-2H3,(H,25,26)(H,28,31). The highest BCUT2D eigenvalue weighted by Gasteiger charge is 2.28. The summed E-state index contributed by atoms with van der Waals surface area (Å²) in [6, 6.07) is 5.44. The van der Waals surface area contributed by atoms with E-state index in [0.717, 1.165) is 12.8 Å². The van der Waals surface area contributed by atoms with E-state index in [0.29, 0.717) is 40.6 Å². The molecule has 1 aliphatic rings. The van der Waals surface area contributed by atoms with Crippen LogP contribution in [0.5, 0.6) is 0 Å². The number of carbonyl (C=O) groups is 1. The zero-order valence-electron chi connectivity index (χ0n) is 17.8. The molecule has 3 N–H and O–H groups in total. The predicted molar refractivity (Wildman–Crippen MR) is 116 cm³/mol. The van der Waals surface area contributed by atoms with Crippen LogP contribution < -0.4 is 10.6 Å². The van der Waals surface area contributed by atoms with Gasteiger partial charge in [-0.3, -0.25) is 4.79 Å². The van der Waals surface area contributed by atoms with Gasteiger partial charge in [0.1, 0.15) is 12.2 Å². The summed E-state index contributed by atoms with van der Waals surface area (Å²) in [5.74, 6) is 0.521. The number of pyridine rings is 2. The number of aliphatic hydroxyl groups is 1. The Kier molecular flexibility index (Phi) is 5.76. The maximum absolute atomic E-state index is 14.1. The van der Waals surface area contributed by atoms with E-state index in [1.165, 1.54) is 30.9 Å². The number of aromatic nitrogens is 4. The van der Waals surface area contributed by atoms with Gasteiger partial charge in [-0.1, -0.05) is 0 Å². The van der Waals surface area contributed by atoms with Crippen LogP contribution in [-0.2, 0) is 0 Å². The molecule has 10 heteroatoms. The first-order valence-corrected chi connectivity index (χ1v) is 10.4. The summed E-state index contributed by atoms with van der Waals surface area (Å²) in [7, 11) is 0. The Morgan fingerprint density at radius 3 is 2.81 bits per heavy atom. The van der Waals surface area contributed by atoms with Crippen molar-refractivity contribution < 1.29 is 14.3 Å². The van der Waals surface area contributed by atoms with Gasteiger partial charge in [-0.15, -0.1) is 0 Å². The number of carbonyl (C=O) groups excluding carboxylic acids is 1. The monoisotopic (exact) mass is 437 g/mol. The molecule has 0 saturated heterocycles. The van der Waals surface area contributed by atoms with Crippen LogP contribution >= 0.6 is 0 Å². The average molecular weight is 437 g/mol. The molecule has 3 aromatic rings. The normalized spacial score (nSPS) is 14.7. The largest absolute Gasteiger partial charge is 0.387 e. The number of hydrogen-bond donors (Lipinski definition) is 3. The number of alkyl halides is 1. The lowest BCUT2D eigenvalue weighted by atomic mass is 10.0. The molecule has 32 heavy (non-hydrogen) atoms. The highest BCUT2D eigenvalue weighted by Crippen LogP contribution is 2.30. The van der Waals surface area contributed by atoms with Crippen molar-refractivity contribution in [1.29, 1.82) is 5.26 Å². The van der Waals surface area contributed by atoms with E-state index in [2.05, 4.69) is 25.7 Å². The molecule has 9 nitrogen and oxygen atoms in total. The molecule has 1 aliphatic carbocycles. The zero-order chi connectivity index (χ0) is 22.9. The molecule has 3 heterocycles. The molecule has 0 spiro atoms. The Hall–Kier alpha value is -3.58. The first kappa shape index (κ1) is 21.6. The minimum atomic E-state index is -1.61. The molecule has 1 amide bonds. The fourth-order valence-corrected chi connectivity index (χ4v) is 3.14. The van der Waals surface area contributed by atoms with Crippen LogP contribution in [0.3, 0.4) is 0 Å². The SMILES string of the molecule is CC(C)(O)C(F)CNC(=O)c1cnc(-n2ncc3cc(C#N)cnc32)cc1NCC1CC1. The molecule has 1 fully saturated rings. The maximum atomic E-state index is 14.1. The van der Waals surface area contributed by atoms with E-state index >= 15 is 0 Å². The molecule has 1 atom stereocenters. The summed E-state index contributed by atoms with van der Waals surface area (Å²) in [6.07, 6.45) is 5.13. The van der Waals surface area contributed by atoms with Gasteiger partial charge >= 0.3 is 0 Å². The van der Waals surface area contributed by atoms with Crippen LogP contribution in [0.4, 0.5) is 10.1 Å². The van der Waals surface area contributed by atoms with Crippen LogP contribution in [0.25, 0.3) is 16.9 Å². The van der Waals surface area contributed by atoms with Crippen molar-refractivity contribution in [1.82, 2.24) is 25.1 Å². The van der Waals surface area contributed by atoms with Crippen molar-refractivity contribution in [3.8, 4) is 11.9 Å². The third-order valence-electron chi connectivity index (χ3n) is 5.37. The highest BCUT2D eigenvalue weighted by molar-refractivity contribution is 5.99. The van der Waals surface area contributed by atoms with Crippen LogP contribution in [0, 0.1) is 17.2 Å². The molecule has 3 aromatic heterocycles. The lowest BCUT2D eigenvalue weighted by Crippen LogP contribution is -2.42. The number of anilines is 1. The molecule has 1 unspecified atom stereocenters. The Bertz CT molecular complexity index is 1190. The van der Waals surface area contributed by atoms with Gasteiger partial charge in [-0.05, 0) is 38.7 Å². The second-order valence-electron chi connectivity index (χ2n) is 8.55. The fraction of sp³-hybridized carbons (Fsp3) is 0.409. The van der Waals surface area contributed by atoms with Crippen molar-refractivity contribution >= 4 is 22.6 Å². The van der Waals surface area contributed by atoms with E-state index in [-0.39, 0.29) is 12.1 Å². The fourth-order valence-electron chi connectivity index (χ4n) is 3.14. The van der Waals surface area contributed by atoms with Crippen molar-refractivity contribution in [2.24, 2.45) is 5.92 Å².